The molecule has 0 aliphatic heterocycles. The lowest BCUT2D eigenvalue weighted by Crippen LogP contribution is -2.26. The van der Waals surface area contributed by atoms with Crippen molar-refractivity contribution < 1.29 is 9.53 Å². The Hall–Kier alpha value is -2.49. The second kappa shape index (κ2) is 6.79. The summed E-state index contributed by atoms with van der Waals surface area (Å²) in [6, 6.07) is 14.8. The smallest absolute Gasteiger partial charge is 0.251 e. The summed E-state index contributed by atoms with van der Waals surface area (Å²) in [6.45, 7) is 4.37. The van der Waals surface area contributed by atoms with E-state index >= 15 is 0 Å². The number of amides is 1. The lowest BCUT2D eigenvalue weighted by molar-refractivity contribution is 0.0939. The van der Waals surface area contributed by atoms with Gasteiger partial charge in [0.15, 0.2) is 0 Å². The number of anilines is 1. The van der Waals surface area contributed by atoms with Gasteiger partial charge in [-0.05, 0) is 31.5 Å². The summed E-state index contributed by atoms with van der Waals surface area (Å²) in [5.41, 5.74) is 7.88. The summed E-state index contributed by atoms with van der Waals surface area (Å²) in [4.78, 5) is 12.3. The molecule has 0 heterocycles. The van der Waals surface area contributed by atoms with Gasteiger partial charge < -0.3 is 15.8 Å². The third kappa shape index (κ3) is 3.99. The van der Waals surface area contributed by atoms with E-state index in [4.69, 9.17) is 10.5 Å². The summed E-state index contributed by atoms with van der Waals surface area (Å²) >= 11 is 0. The van der Waals surface area contributed by atoms with E-state index in [9.17, 15) is 4.79 Å². The summed E-state index contributed by atoms with van der Waals surface area (Å²) in [5.74, 6) is 0.439. The number of rotatable bonds is 5. The summed E-state index contributed by atoms with van der Waals surface area (Å²) < 4.78 is 5.41. The minimum Gasteiger partial charge on any atom is -0.494 e. The molecule has 21 heavy (non-hydrogen) atoms. The van der Waals surface area contributed by atoms with Crippen molar-refractivity contribution in [1.82, 2.24) is 5.32 Å². The van der Waals surface area contributed by atoms with Gasteiger partial charge in [0, 0.05) is 17.3 Å². The van der Waals surface area contributed by atoms with Crippen molar-refractivity contribution in [1.29, 1.82) is 0 Å². The maximum absolute atomic E-state index is 12.3. The van der Waals surface area contributed by atoms with Crippen LogP contribution in [0.4, 0.5) is 5.69 Å². The molecule has 2 aromatic rings. The quantitative estimate of drug-likeness (QED) is 0.829. The van der Waals surface area contributed by atoms with Crippen LogP contribution in [0.25, 0.3) is 0 Å². The van der Waals surface area contributed by atoms with Gasteiger partial charge in [-0.3, -0.25) is 4.79 Å². The Labute approximate surface area is 124 Å². The Kier molecular flexibility index (Phi) is 4.82. The zero-order valence-electron chi connectivity index (χ0n) is 12.3. The molecule has 0 aliphatic rings. The van der Waals surface area contributed by atoms with Crippen molar-refractivity contribution in [3.63, 3.8) is 0 Å². The monoisotopic (exact) mass is 284 g/mol. The lowest BCUT2D eigenvalue weighted by atomic mass is 10.1. The van der Waals surface area contributed by atoms with Crippen molar-refractivity contribution in [2.24, 2.45) is 0 Å². The third-order valence-corrected chi connectivity index (χ3v) is 3.15. The third-order valence-electron chi connectivity index (χ3n) is 3.15. The van der Waals surface area contributed by atoms with Crippen molar-refractivity contribution in [2.45, 2.75) is 19.9 Å². The van der Waals surface area contributed by atoms with Crippen LogP contribution >= 0.6 is 0 Å². The number of carbonyl (C=O) groups excluding carboxylic acids is 1. The first-order chi connectivity index (χ1) is 10.1. The molecule has 0 aliphatic carbocycles. The van der Waals surface area contributed by atoms with E-state index in [0.717, 1.165) is 5.56 Å². The number of hydrogen-bond acceptors (Lipinski definition) is 3. The molecule has 0 radical (unpaired) electrons. The molecule has 3 N–H and O–H groups in total. The molecule has 0 fully saturated rings. The fraction of sp³-hybridized carbons (Fsp3) is 0.235. The van der Waals surface area contributed by atoms with E-state index in [0.29, 0.717) is 23.6 Å². The number of hydrogen-bond donors (Lipinski definition) is 2. The van der Waals surface area contributed by atoms with Gasteiger partial charge in [-0.1, -0.05) is 30.3 Å². The van der Waals surface area contributed by atoms with Gasteiger partial charge in [-0.2, -0.15) is 0 Å². The van der Waals surface area contributed by atoms with Crippen LogP contribution in [0.1, 0.15) is 35.8 Å². The molecule has 0 aromatic heterocycles. The predicted molar refractivity (Wildman–Crippen MR) is 84.3 cm³/mol. The maximum atomic E-state index is 12.3. The first-order valence-electron chi connectivity index (χ1n) is 6.99. The van der Waals surface area contributed by atoms with Gasteiger partial charge in [0.25, 0.3) is 5.91 Å². The number of nitrogens with one attached hydrogen (secondary N) is 1. The minimum absolute atomic E-state index is 0.0734. The van der Waals surface area contributed by atoms with Crippen LogP contribution in [0.2, 0.25) is 0 Å². The Morgan fingerprint density at radius 1 is 1.24 bits per heavy atom. The molecule has 4 heteroatoms. The molecular formula is C17H20N2O2. The molecule has 0 saturated carbocycles. The van der Waals surface area contributed by atoms with Crippen LogP contribution in [0.5, 0.6) is 5.75 Å². The van der Waals surface area contributed by atoms with Crippen LogP contribution in [-0.2, 0) is 0 Å². The van der Waals surface area contributed by atoms with E-state index in [1.807, 2.05) is 44.2 Å². The first kappa shape index (κ1) is 14.9. The highest BCUT2D eigenvalue weighted by molar-refractivity contribution is 5.95. The van der Waals surface area contributed by atoms with E-state index in [1.54, 1.807) is 18.2 Å². The van der Waals surface area contributed by atoms with Gasteiger partial charge in [-0.15, -0.1) is 0 Å². The van der Waals surface area contributed by atoms with Crippen molar-refractivity contribution >= 4 is 11.6 Å². The second-order valence-corrected chi connectivity index (χ2v) is 4.83. The molecule has 4 nitrogen and oxygen atoms in total. The van der Waals surface area contributed by atoms with Gasteiger partial charge in [0.05, 0.1) is 12.6 Å². The molecule has 2 rings (SSSR count). The number of nitrogen functional groups attached to an aromatic ring is 1. The number of ether oxygens (including phenoxy) is 1. The summed E-state index contributed by atoms with van der Waals surface area (Å²) in [6.07, 6.45) is 0. The molecule has 1 atom stereocenters. The SMILES string of the molecule is CCOc1cc(N)cc(C(=O)N[C@H](C)c2ccccc2)c1. The van der Waals surface area contributed by atoms with Crippen molar-refractivity contribution in [3.05, 3.63) is 59.7 Å². The zero-order chi connectivity index (χ0) is 15.2. The summed E-state index contributed by atoms with van der Waals surface area (Å²) in [7, 11) is 0. The van der Waals surface area contributed by atoms with E-state index in [-0.39, 0.29) is 11.9 Å². The molecule has 0 bridgehead atoms. The first-order valence-corrected chi connectivity index (χ1v) is 6.99. The van der Waals surface area contributed by atoms with Crippen molar-refractivity contribution in [2.75, 3.05) is 12.3 Å². The molecule has 2 aromatic carbocycles. The number of carbonyl (C=O) groups is 1. The van der Waals surface area contributed by atoms with Gasteiger partial charge >= 0.3 is 0 Å². The van der Waals surface area contributed by atoms with Gasteiger partial charge in [0.1, 0.15) is 5.75 Å². The normalized spacial score (nSPS) is 11.7. The largest absolute Gasteiger partial charge is 0.494 e. The van der Waals surface area contributed by atoms with Crippen molar-refractivity contribution in [3.8, 4) is 5.75 Å². The van der Waals surface area contributed by atoms with Crippen LogP contribution < -0.4 is 15.8 Å². The highest BCUT2D eigenvalue weighted by Gasteiger charge is 2.12. The molecule has 0 unspecified atom stereocenters. The molecule has 0 saturated heterocycles. The standard InChI is InChI=1S/C17H20N2O2/c1-3-21-16-10-14(9-15(18)11-16)17(20)19-12(2)13-7-5-4-6-8-13/h4-12H,3,18H2,1-2H3,(H,19,20)/t12-/m1/s1. The highest BCUT2D eigenvalue weighted by Crippen LogP contribution is 2.20. The Balaban J connectivity index is 2.13. The average Bonchev–Trinajstić information content (AvgIpc) is 2.48. The fourth-order valence-corrected chi connectivity index (χ4v) is 2.11. The van der Waals surface area contributed by atoms with Gasteiger partial charge in [-0.25, -0.2) is 0 Å². The fourth-order valence-electron chi connectivity index (χ4n) is 2.11. The minimum atomic E-state index is -0.167. The highest BCUT2D eigenvalue weighted by atomic mass is 16.5. The van der Waals surface area contributed by atoms with E-state index < -0.39 is 0 Å². The Morgan fingerprint density at radius 2 is 1.95 bits per heavy atom. The number of nitrogens with two attached hydrogens (primary N) is 1. The zero-order valence-corrected chi connectivity index (χ0v) is 12.3. The Bertz CT molecular complexity index is 611. The maximum Gasteiger partial charge on any atom is 0.251 e. The van der Waals surface area contributed by atoms with E-state index in [2.05, 4.69) is 5.32 Å². The molecule has 110 valence electrons. The molecular weight excluding hydrogens is 264 g/mol. The lowest BCUT2D eigenvalue weighted by Gasteiger charge is -2.15. The average molecular weight is 284 g/mol. The topological polar surface area (TPSA) is 64.3 Å². The van der Waals surface area contributed by atoms with Crippen LogP contribution in [0, 0.1) is 0 Å². The van der Waals surface area contributed by atoms with Crippen LogP contribution in [-0.4, -0.2) is 12.5 Å². The van der Waals surface area contributed by atoms with E-state index in [1.165, 1.54) is 0 Å². The predicted octanol–water partition coefficient (Wildman–Crippen LogP) is 3.16. The summed E-state index contributed by atoms with van der Waals surface area (Å²) in [5, 5.41) is 2.96. The van der Waals surface area contributed by atoms with Crippen LogP contribution in [0.15, 0.2) is 48.5 Å². The second-order valence-electron chi connectivity index (χ2n) is 4.83. The Morgan fingerprint density at radius 3 is 2.62 bits per heavy atom. The van der Waals surface area contributed by atoms with Gasteiger partial charge in [0.2, 0.25) is 0 Å². The van der Waals surface area contributed by atoms with Crippen LogP contribution in [0.3, 0.4) is 0 Å². The molecule has 0 spiro atoms. The number of benzene rings is 2. The molecule has 1 amide bonds.